The lowest BCUT2D eigenvalue weighted by atomic mass is 10.4. The molecule has 0 bridgehead atoms. The highest BCUT2D eigenvalue weighted by Gasteiger charge is 2.12. The van der Waals surface area contributed by atoms with Gasteiger partial charge in [-0.2, -0.15) is 11.8 Å². The SMILES string of the molecule is O=c1c2ccsc2[nH]c(=S)n1CCN1CCSCC1. The summed E-state index contributed by atoms with van der Waals surface area (Å²) in [7, 11) is 0. The zero-order valence-electron chi connectivity index (χ0n) is 10.4. The summed E-state index contributed by atoms with van der Waals surface area (Å²) in [5.41, 5.74) is 0.0337. The molecule has 7 heteroatoms. The van der Waals surface area contributed by atoms with Gasteiger partial charge in [0.1, 0.15) is 4.83 Å². The van der Waals surface area contributed by atoms with Crippen LogP contribution in [0.25, 0.3) is 10.2 Å². The Hall–Kier alpha value is -0.630. The largest absolute Gasteiger partial charge is 0.323 e. The molecule has 0 unspecified atom stereocenters. The fourth-order valence-electron chi connectivity index (χ4n) is 2.25. The van der Waals surface area contributed by atoms with E-state index >= 15 is 0 Å². The molecular weight excluding hydrogens is 298 g/mol. The summed E-state index contributed by atoms with van der Waals surface area (Å²) in [5, 5.41) is 2.66. The second-order valence-electron chi connectivity index (χ2n) is 4.50. The van der Waals surface area contributed by atoms with E-state index in [4.69, 9.17) is 12.2 Å². The zero-order valence-corrected chi connectivity index (χ0v) is 12.9. The van der Waals surface area contributed by atoms with Gasteiger partial charge in [0.2, 0.25) is 0 Å². The lowest BCUT2D eigenvalue weighted by Crippen LogP contribution is -2.37. The number of aromatic nitrogens is 2. The molecule has 4 nitrogen and oxygen atoms in total. The Kier molecular flexibility index (Phi) is 4.07. The van der Waals surface area contributed by atoms with Crippen LogP contribution in [0, 0.1) is 4.77 Å². The van der Waals surface area contributed by atoms with Crippen LogP contribution in [0.15, 0.2) is 16.2 Å². The molecule has 0 spiro atoms. The van der Waals surface area contributed by atoms with Crippen molar-refractivity contribution in [3.63, 3.8) is 0 Å². The molecule has 1 saturated heterocycles. The van der Waals surface area contributed by atoms with E-state index in [1.165, 1.54) is 22.8 Å². The van der Waals surface area contributed by atoms with E-state index in [9.17, 15) is 4.79 Å². The van der Waals surface area contributed by atoms with Crippen LogP contribution in [0.2, 0.25) is 0 Å². The van der Waals surface area contributed by atoms with Crippen LogP contribution in [0.4, 0.5) is 0 Å². The van der Waals surface area contributed by atoms with Crippen molar-refractivity contribution in [2.45, 2.75) is 6.54 Å². The van der Waals surface area contributed by atoms with Crippen molar-refractivity contribution >= 4 is 45.5 Å². The number of nitrogens with one attached hydrogen (secondary N) is 1. The number of H-pyrrole nitrogens is 1. The third-order valence-corrected chi connectivity index (χ3v) is 5.44. The van der Waals surface area contributed by atoms with E-state index in [0.717, 1.165) is 29.9 Å². The number of hydrogen-bond acceptors (Lipinski definition) is 5. The highest BCUT2D eigenvalue weighted by Crippen LogP contribution is 2.14. The molecule has 3 rings (SSSR count). The van der Waals surface area contributed by atoms with Gasteiger partial charge < -0.3 is 4.98 Å². The number of nitrogens with zero attached hydrogens (tertiary/aromatic N) is 2. The number of thioether (sulfide) groups is 1. The predicted octanol–water partition coefficient (Wildman–Crippen LogP) is 2.17. The standard InChI is InChI=1S/C12H15N3OS3/c16-11-9-1-6-19-10(9)13-12(17)15(11)3-2-14-4-7-18-8-5-14/h1,6H,2-5,7-8H2,(H,13,17). The van der Waals surface area contributed by atoms with E-state index < -0.39 is 0 Å². The van der Waals surface area contributed by atoms with Crippen LogP contribution in [-0.2, 0) is 6.54 Å². The van der Waals surface area contributed by atoms with Crippen LogP contribution < -0.4 is 5.56 Å². The first-order chi connectivity index (χ1) is 9.25. The number of hydrogen-bond donors (Lipinski definition) is 1. The highest BCUT2D eigenvalue weighted by atomic mass is 32.2. The van der Waals surface area contributed by atoms with E-state index in [1.807, 2.05) is 23.2 Å². The second kappa shape index (κ2) is 5.78. The van der Waals surface area contributed by atoms with Crippen LogP contribution >= 0.6 is 35.3 Å². The van der Waals surface area contributed by atoms with Gasteiger partial charge in [-0.1, -0.05) is 0 Å². The van der Waals surface area contributed by atoms with Gasteiger partial charge in [-0.05, 0) is 23.7 Å². The molecule has 102 valence electrons. The Morgan fingerprint density at radius 3 is 2.89 bits per heavy atom. The quantitative estimate of drug-likeness (QED) is 0.882. The summed E-state index contributed by atoms with van der Waals surface area (Å²) in [6, 6.07) is 1.86. The van der Waals surface area contributed by atoms with Crippen LogP contribution in [0.5, 0.6) is 0 Å². The first-order valence-corrected chi connectivity index (χ1v) is 8.70. The number of aromatic amines is 1. The van der Waals surface area contributed by atoms with E-state index in [-0.39, 0.29) is 5.56 Å². The average molecular weight is 313 g/mol. The van der Waals surface area contributed by atoms with Crippen molar-refractivity contribution in [3.05, 3.63) is 26.6 Å². The van der Waals surface area contributed by atoms with Gasteiger partial charge in [-0.3, -0.25) is 14.3 Å². The van der Waals surface area contributed by atoms with Gasteiger partial charge in [0.05, 0.1) is 5.39 Å². The van der Waals surface area contributed by atoms with Gasteiger partial charge in [0.25, 0.3) is 5.56 Å². The molecular formula is C12H15N3OS3. The van der Waals surface area contributed by atoms with Crippen molar-refractivity contribution in [1.82, 2.24) is 14.5 Å². The van der Waals surface area contributed by atoms with Crippen LogP contribution in [0.3, 0.4) is 0 Å². The third-order valence-electron chi connectivity index (χ3n) is 3.35. The summed E-state index contributed by atoms with van der Waals surface area (Å²) < 4.78 is 2.22. The molecule has 2 aromatic heterocycles. The summed E-state index contributed by atoms with van der Waals surface area (Å²) in [5.74, 6) is 2.37. The minimum Gasteiger partial charge on any atom is -0.323 e. The Bertz CT molecular complexity index is 681. The Balaban J connectivity index is 1.83. The Morgan fingerprint density at radius 1 is 1.32 bits per heavy atom. The van der Waals surface area contributed by atoms with Crippen LogP contribution in [0.1, 0.15) is 0 Å². The van der Waals surface area contributed by atoms with Crippen molar-refractivity contribution in [2.24, 2.45) is 0 Å². The molecule has 19 heavy (non-hydrogen) atoms. The third kappa shape index (κ3) is 2.79. The first kappa shape index (κ1) is 13.4. The van der Waals surface area contributed by atoms with E-state index in [1.54, 1.807) is 4.57 Å². The normalized spacial score (nSPS) is 17.1. The fourth-order valence-corrected chi connectivity index (χ4v) is 4.34. The molecule has 2 aromatic rings. The molecule has 1 aliphatic heterocycles. The van der Waals surface area contributed by atoms with Crippen molar-refractivity contribution in [1.29, 1.82) is 0 Å². The van der Waals surface area contributed by atoms with Crippen LogP contribution in [-0.4, -0.2) is 45.6 Å². The lowest BCUT2D eigenvalue weighted by molar-refractivity contribution is 0.287. The molecule has 0 atom stereocenters. The molecule has 0 saturated carbocycles. The van der Waals surface area contributed by atoms with Gasteiger partial charge in [0, 0.05) is 37.7 Å². The minimum absolute atomic E-state index is 0.0337. The van der Waals surface area contributed by atoms with E-state index in [2.05, 4.69) is 9.88 Å². The van der Waals surface area contributed by atoms with Gasteiger partial charge in [-0.25, -0.2) is 0 Å². The maximum atomic E-state index is 12.3. The number of rotatable bonds is 3. The second-order valence-corrected chi connectivity index (χ2v) is 7.03. The molecule has 0 amide bonds. The monoisotopic (exact) mass is 313 g/mol. The predicted molar refractivity (Wildman–Crippen MR) is 85.0 cm³/mol. The molecule has 1 aliphatic rings. The zero-order chi connectivity index (χ0) is 13.2. The summed E-state index contributed by atoms with van der Waals surface area (Å²) in [4.78, 5) is 18.8. The smallest absolute Gasteiger partial charge is 0.263 e. The number of fused-ring (bicyclic) bond motifs is 1. The van der Waals surface area contributed by atoms with Gasteiger partial charge >= 0.3 is 0 Å². The van der Waals surface area contributed by atoms with Crippen molar-refractivity contribution in [2.75, 3.05) is 31.1 Å². The average Bonchev–Trinajstić information content (AvgIpc) is 2.88. The van der Waals surface area contributed by atoms with Crippen molar-refractivity contribution in [3.8, 4) is 0 Å². The molecule has 0 radical (unpaired) electrons. The maximum Gasteiger partial charge on any atom is 0.263 e. The van der Waals surface area contributed by atoms with Gasteiger partial charge in [-0.15, -0.1) is 11.3 Å². The first-order valence-electron chi connectivity index (χ1n) is 6.26. The molecule has 0 aromatic carbocycles. The number of thiophene rings is 1. The maximum absolute atomic E-state index is 12.3. The van der Waals surface area contributed by atoms with Crippen molar-refractivity contribution < 1.29 is 0 Å². The lowest BCUT2D eigenvalue weighted by Gasteiger charge is -2.26. The molecule has 1 N–H and O–H groups in total. The van der Waals surface area contributed by atoms with E-state index in [0.29, 0.717) is 11.3 Å². The molecule has 3 heterocycles. The Morgan fingerprint density at radius 2 is 2.11 bits per heavy atom. The highest BCUT2D eigenvalue weighted by molar-refractivity contribution is 7.99. The minimum atomic E-state index is 0.0337. The Labute approximate surface area is 124 Å². The summed E-state index contributed by atoms with van der Waals surface area (Å²) in [6.45, 7) is 3.78. The molecule has 0 aliphatic carbocycles. The summed E-state index contributed by atoms with van der Waals surface area (Å²) in [6.07, 6.45) is 0. The summed E-state index contributed by atoms with van der Waals surface area (Å²) >= 11 is 8.81. The van der Waals surface area contributed by atoms with Gasteiger partial charge in [0.15, 0.2) is 4.77 Å². The topological polar surface area (TPSA) is 41.0 Å². The molecule has 1 fully saturated rings. The fraction of sp³-hybridized carbons (Fsp3) is 0.500.